The first kappa shape index (κ1) is 19.9. The number of halogens is 3. The predicted molar refractivity (Wildman–Crippen MR) is 98.5 cm³/mol. The van der Waals surface area contributed by atoms with Gasteiger partial charge in [-0.05, 0) is 37.6 Å². The number of aromatic nitrogens is 2. The van der Waals surface area contributed by atoms with Crippen molar-refractivity contribution in [3.8, 4) is 0 Å². The molecule has 9 heteroatoms. The highest BCUT2D eigenvalue weighted by atomic mass is 19.4. The minimum atomic E-state index is -4.39. The van der Waals surface area contributed by atoms with E-state index in [2.05, 4.69) is 9.97 Å². The Balaban J connectivity index is 1.68. The van der Waals surface area contributed by atoms with E-state index in [4.69, 9.17) is 4.74 Å². The first-order valence-corrected chi connectivity index (χ1v) is 9.05. The maximum Gasteiger partial charge on any atom is 0.416 e. The van der Waals surface area contributed by atoms with Crippen molar-refractivity contribution in [2.75, 3.05) is 42.6 Å². The minimum Gasteiger partial charge on any atom is -0.462 e. The number of pyridine rings is 2. The smallest absolute Gasteiger partial charge is 0.416 e. The van der Waals surface area contributed by atoms with Crippen LogP contribution in [0.3, 0.4) is 0 Å². The predicted octanol–water partition coefficient (Wildman–Crippen LogP) is 3.39. The van der Waals surface area contributed by atoms with Crippen molar-refractivity contribution >= 4 is 17.6 Å². The van der Waals surface area contributed by atoms with Gasteiger partial charge in [0.1, 0.15) is 11.6 Å². The lowest BCUT2D eigenvalue weighted by atomic mass is 10.2. The van der Waals surface area contributed by atoms with E-state index in [1.54, 1.807) is 19.1 Å². The summed E-state index contributed by atoms with van der Waals surface area (Å²) in [6.07, 6.45) is -0.972. The number of anilines is 2. The third-order valence-electron chi connectivity index (χ3n) is 4.48. The van der Waals surface area contributed by atoms with Gasteiger partial charge in [0.2, 0.25) is 0 Å². The molecule has 1 saturated heterocycles. The highest BCUT2D eigenvalue weighted by Gasteiger charge is 2.31. The van der Waals surface area contributed by atoms with Gasteiger partial charge in [0, 0.05) is 38.6 Å². The van der Waals surface area contributed by atoms with Crippen molar-refractivity contribution in [2.24, 2.45) is 0 Å². The SMILES string of the molecule is CCOC(=O)c1ccc(N2CCCN(c3cc(C(F)(F)F)ccn3)CC2)nc1. The van der Waals surface area contributed by atoms with Gasteiger partial charge in [-0.1, -0.05) is 0 Å². The summed E-state index contributed by atoms with van der Waals surface area (Å²) in [7, 11) is 0. The Hall–Kier alpha value is -2.84. The average Bonchev–Trinajstić information content (AvgIpc) is 2.94. The van der Waals surface area contributed by atoms with Crippen molar-refractivity contribution < 1.29 is 22.7 Å². The number of hydrogen-bond acceptors (Lipinski definition) is 6. The van der Waals surface area contributed by atoms with Crippen molar-refractivity contribution in [1.82, 2.24) is 9.97 Å². The van der Waals surface area contributed by atoms with Crippen LogP contribution in [0.25, 0.3) is 0 Å². The number of rotatable bonds is 4. The number of esters is 1. The van der Waals surface area contributed by atoms with Crippen LogP contribution in [0.1, 0.15) is 29.3 Å². The Kier molecular flexibility index (Phi) is 6.01. The second-order valence-corrected chi connectivity index (χ2v) is 6.35. The fourth-order valence-electron chi connectivity index (χ4n) is 3.05. The molecule has 0 bridgehead atoms. The van der Waals surface area contributed by atoms with Gasteiger partial charge >= 0.3 is 12.1 Å². The standard InChI is InChI=1S/C19H21F3N4O2/c1-2-28-18(27)14-4-5-16(24-13-14)25-8-3-9-26(11-10-25)17-12-15(6-7-23-17)19(20,21)22/h4-7,12-13H,2-3,8-11H2,1H3. The molecule has 1 aliphatic heterocycles. The molecule has 150 valence electrons. The molecular formula is C19H21F3N4O2. The van der Waals surface area contributed by atoms with Crippen molar-refractivity contribution in [3.63, 3.8) is 0 Å². The average molecular weight is 394 g/mol. The molecule has 2 aromatic heterocycles. The highest BCUT2D eigenvalue weighted by molar-refractivity contribution is 5.89. The van der Waals surface area contributed by atoms with Crippen LogP contribution in [-0.4, -0.2) is 48.7 Å². The first-order valence-electron chi connectivity index (χ1n) is 9.05. The zero-order chi connectivity index (χ0) is 20.1. The van der Waals surface area contributed by atoms with Gasteiger partial charge in [0.05, 0.1) is 17.7 Å². The summed E-state index contributed by atoms with van der Waals surface area (Å²) in [4.78, 5) is 24.0. The van der Waals surface area contributed by atoms with Gasteiger partial charge in [0.15, 0.2) is 0 Å². The van der Waals surface area contributed by atoms with E-state index in [-0.39, 0.29) is 0 Å². The highest BCUT2D eigenvalue weighted by Crippen LogP contribution is 2.31. The van der Waals surface area contributed by atoms with Gasteiger partial charge in [-0.15, -0.1) is 0 Å². The van der Waals surface area contributed by atoms with E-state index in [0.717, 1.165) is 18.6 Å². The van der Waals surface area contributed by atoms with Crippen molar-refractivity contribution in [3.05, 3.63) is 47.8 Å². The molecule has 1 aliphatic rings. The topological polar surface area (TPSA) is 58.6 Å². The lowest BCUT2D eigenvalue weighted by molar-refractivity contribution is -0.137. The molecule has 0 atom stereocenters. The molecule has 3 heterocycles. The molecule has 3 rings (SSSR count). The third kappa shape index (κ3) is 4.71. The van der Waals surface area contributed by atoms with Gasteiger partial charge in [-0.3, -0.25) is 0 Å². The van der Waals surface area contributed by atoms with Crippen LogP contribution in [0.5, 0.6) is 0 Å². The lowest BCUT2D eigenvalue weighted by Crippen LogP contribution is -2.31. The summed E-state index contributed by atoms with van der Waals surface area (Å²) < 4.78 is 43.8. The maximum atomic E-state index is 12.9. The number of alkyl halides is 3. The Morgan fingerprint density at radius 1 is 1.07 bits per heavy atom. The van der Waals surface area contributed by atoms with Crippen molar-refractivity contribution in [1.29, 1.82) is 0 Å². The molecular weight excluding hydrogens is 373 g/mol. The number of nitrogens with zero attached hydrogens (tertiary/aromatic N) is 4. The van der Waals surface area contributed by atoms with Gasteiger partial charge in [0.25, 0.3) is 0 Å². The number of ether oxygens (including phenoxy) is 1. The number of carbonyl (C=O) groups is 1. The van der Waals surface area contributed by atoms with Gasteiger partial charge in [-0.2, -0.15) is 13.2 Å². The third-order valence-corrected chi connectivity index (χ3v) is 4.48. The second-order valence-electron chi connectivity index (χ2n) is 6.35. The summed E-state index contributed by atoms with van der Waals surface area (Å²) in [6.45, 7) is 4.46. The lowest BCUT2D eigenvalue weighted by Gasteiger charge is -2.24. The van der Waals surface area contributed by atoms with E-state index in [1.807, 2.05) is 9.80 Å². The Morgan fingerprint density at radius 2 is 1.79 bits per heavy atom. The Labute approximate surface area is 160 Å². The van der Waals surface area contributed by atoms with Crippen LogP contribution in [0.4, 0.5) is 24.8 Å². The molecule has 0 spiro atoms. The largest absolute Gasteiger partial charge is 0.462 e. The monoisotopic (exact) mass is 394 g/mol. The summed E-state index contributed by atoms with van der Waals surface area (Å²) in [5, 5.41) is 0. The summed E-state index contributed by atoms with van der Waals surface area (Å²) >= 11 is 0. The zero-order valence-electron chi connectivity index (χ0n) is 15.4. The number of carbonyl (C=O) groups excluding carboxylic acids is 1. The van der Waals surface area contributed by atoms with Crippen LogP contribution in [0.2, 0.25) is 0 Å². The van der Waals surface area contributed by atoms with Crippen LogP contribution in [-0.2, 0) is 10.9 Å². The van der Waals surface area contributed by atoms with Crippen molar-refractivity contribution in [2.45, 2.75) is 19.5 Å². The molecule has 0 N–H and O–H groups in total. The fraction of sp³-hybridized carbons (Fsp3) is 0.421. The zero-order valence-corrected chi connectivity index (χ0v) is 15.4. The summed E-state index contributed by atoms with van der Waals surface area (Å²) in [6, 6.07) is 5.48. The molecule has 1 fully saturated rings. The molecule has 0 aliphatic carbocycles. The van der Waals surface area contributed by atoms with Crippen LogP contribution in [0, 0.1) is 0 Å². The molecule has 0 saturated carbocycles. The summed E-state index contributed by atoms with van der Waals surface area (Å²) in [5.41, 5.74) is -0.315. The van der Waals surface area contributed by atoms with E-state index >= 15 is 0 Å². The van der Waals surface area contributed by atoms with E-state index < -0.39 is 17.7 Å². The molecule has 6 nitrogen and oxygen atoms in total. The molecule has 2 aromatic rings. The second kappa shape index (κ2) is 8.45. The Morgan fingerprint density at radius 3 is 2.39 bits per heavy atom. The summed E-state index contributed by atoms with van der Waals surface area (Å²) in [5.74, 6) is 0.619. The fourth-order valence-corrected chi connectivity index (χ4v) is 3.05. The molecule has 0 radical (unpaired) electrons. The maximum absolute atomic E-state index is 12.9. The van der Waals surface area contributed by atoms with Gasteiger partial charge < -0.3 is 14.5 Å². The van der Waals surface area contributed by atoms with Crippen LogP contribution in [0.15, 0.2) is 36.7 Å². The first-order chi connectivity index (χ1) is 13.4. The van der Waals surface area contributed by atoms with E-state index in [0.29, 0.717) is 50.0 Å². The van der Waals surface area contributed by atoms with Crippen LogP contribution >= 0.6 is 0 Å². The molecule has 0 unspecified atom stereocenters. The normalized spacial score (nSPS) is 15.3. The quantitative estimate of drug-likeness (QED) is 0.741. The molecule has 28 heavy (non-hydrogen) atoms. The van der Waals surface area contributed by atoms with E-state index in [9.17, 15) is 18.0 Å². The Bertz CT molecular complexity index is 812. The van der Waals surface area contributed by atoms with Gasteiger partial charge in [-0.25, -0.2) is 14.8 Å². The molecule has 0 amide bonds. The minimum absolute atomic E-state index is 0.298. The molecule has 0 aromatic carbocycles. The van der Waals surface area contributed by atoms with Crippen LogP contribution < -0.4 is 9.80 Å². The number of hydrogen-bond donors (Lipinski definition) is 0. The van der Waals surface area contributed by atoms with E-state index in [1.165, 1.54) is 12.4 Å².